The maximum atomic E-state index is 11.6. The Balaban J connectivity index is 2.40. The van der Waals surface area contributed by atoms with Crippen molar-refractivity contribution >= 4 is 44.7 Å². The first kappa shape index (κ1) is 12.8. The number of Topliss-reactive ketones (excluding diaryl/α,β-unsaturated/α-hetero) is 1. The first-order chi connectivity index (χ1) is 8.11. The Labute approximate surface area is 118 Å². The molecule has 1 aromatic carbocycles. The molecule has 0 radical (unpaired) electrons. The first-order valence-corrected chi connectivity index (χ1v) is 7.19. The van der Waals surface area contributed by atoms with Gasteiger partial charge in [-0.2, -0.15) is 0 Å². The van der Waals surface area contributed by atoms with Crippen LogP contribution < -0.4 is 0 Å². The average Bonchev–Trinajstić information content (AvgIpc) is 2.77. The van der Waals surface area contributed by atoms with Gasteiger partial charge in [0.2, 0.25) is 0 Å². The van der Waals surface area contributed by atoms with Crippen LogP contribution in [-0.4, -0.2) is 5.78 Å². The number of benzene rings is 1. The van der Waals surface area contributed by atoms with Crippen molar-refractivity contribution in [1.82, 2.24) is 0 Å². The van der Waals surface area contributed by atoms with Crippen LogP contribution in [0.3, 0.4) is 0 Å². The van der Waals surface area contributed by atoms with E-state index in [-0.39, 0.29) is 5.78 Å². The van der Waals surface area contributed by atoms with Gasteiger partial charge in [-0.15, -0.1) is 11.3 Å². The second kappa shape index (κ2) is 5.34. The highest BCUT2D eigenvalue weighted by Gasteiger charge is 2.10. The summed E-state index contributed by atoms with van der Waals surface area (Å²) in [5, 5.41) is 0.696. The highest BCUT2D eigenvalue weighted by molar-refractivity contribution is 9.10. The summed E-state index contributed by atoms with van der Waals surface area (Å²) in [7, 11) is 0. The normalized spacial score (nSPS) is 10.5. The molecule has 88 valence electrons. The molecule has 2 rings (SSSR count). The van der Waals surface area contributed by atoms with Gasteiger partial charge < -0.3 is 0 Å². The second-order valence-electron chi connectivity index (χ2n) is 3.56. The highest BCUT2D eigenvalue weighted by Crippen LogP contribution is 2.35. The van der Waals surface area contributed by atoms with Crippen LogP contribution in [0.4, 0.5) is 0 Å². The minimum Gasteiger partial charge on any atom is -0.293 e. The SMILES string of the molecule is CCC(=O)c1ccc(-c2ccc(Cl)cc2Br)s1. The van der Waals surface area contributed by atoms with Gasteiger partial charge in [-0.3, -0.25) is 4.79 Å². The van der Waals surface area contributed by atoms with Gasteiger partial charge in [0, 0.05) is 26.4 Å². The number of hydrogen-bond donors (Lipinski definition) is 0. The fourth-order valence-electron chi connectivity index (χ4n) is 1.50. The summed E-state index contributed by atoms with van der Waals surface area (Å²) in [6.45, 7) is 1.87. The topological polar surface area (TPSA) is 17.1 Å². The minimum absolute atomic E-state index is 0.186. The largest absolute Gasteiger partial charge is 0.293 e. The van der Waals surface area contributed by atoms with Crippen molar-refractivity contribution < 1.29 is 4.79 Å². The maximum Gasteiger partial charge on any atom is 0.172 e. The van der Waals surface area contributed by atoms with Gasteiger partial charge >= 0.3 is 0 Å². The lowest BCUT2D eigenvalue weighted by atomic mass is 10.2. The number of halogens is 2. The molecule has 2 aromatic rings. The van der Waals surface area contributed by atoms with Gasteiger partial charge in [0.15, 0.2) is 5.78 Å². The van der Waals surface area contributed by atoms with Gasteiger partial charge in [0.1, 0.15) is 0 Å². The zero-order chi connectivity index (χ0) is 12.4. The van der Waals surface area contributed by atoms with Crippen molar-refractivity contribution in [3.8, 4) is 10.4 Å². The van der Waals surface area contributed by atoms with E-state index in [1.54, 1.807) is 0 Å². The molecule has 0 saturated heterocycles. The fraction of sp³-hybridized carbons (Fsp3) is 0.154. The van der Waals surface area contributed by atoms with Crippen molar-refractivity contribution in [3.63, 3.8) is 0 Å². The van der Waals surface area contributed by atoms with Gasteiger partial charge in [-0.05, 0) is 24.3 Å². The molecule has 0 aliphatic rings. The van der Waals surface area contributed by atoms with Crippen molar-refractivity contribution in [3.05, 3.63) is 44.7 Å². The summed E-state index contributed by atoms with van der Waals surface area (Å²) in [5.41, 5.74) is 1.06. The monoisotopic (exact) mass is 328 g/mol. The van der Waals surface area contributed by atoms with Crippen LogP contribution in [-0.2, 0) is 0 Å². The van der Waals surface area contributed by atoms with E-state index in [1.165, 1.54) is 11.3 Å². The van der Waals surface area contributed by atoms with Crippen molar-refractivity contribution in [2.75, 3.05) is 0 Å². The van der Waals surface area contributed by atoms with E-state index in [0.717, 1.165) is 19.8 Å². The molecular formula is C13H10BrClOS. The smallest absolute Gasteiger partial charge is 0.172 e. The summed E-state index contributed by atoms with van der Waals surface area (Å²) >= 11 is 10.9. The molecule has 4 heteroatoms. The van der Waals surface area contributed by atoms with E-state index in [1.807, 2.05) is 37.3 Å². The Morgan fingerprint density at radius 2 is 2.12 bits per heavy atom. The molecule has 0 aliphatic heterocycles. The van der Waals surface area contributed by atoms with E-state index in [9.17, 15) is 4.79 Å². The van der Waals surface area contributed by atoms with E-state index in [2.05, 4.69) is 15.9 Å². The van der Waals surface area contributed by atoms with Gasteiger partial charge in [-0.25, -0.2) is 0 Å². The lowest BCUT2D eigenvalue weighted by Gasteiger charge is -2.01. The van der Waals surface area contributed by atoms with Crippen LogP contribution in [0.15, 0.2) is 34.8 Å². The van der Waals surface area contributed by atoms with Crippen LogP contribution in [0.1, 0.15) is 23.0 Å². The molecule has 0 saturated carbocycles. The van der Waals surface area contributed by atoms with Crippen LogP contribution in [0.25, 0.3) is 10.4 Å². The number of carbonyl (C=O) groups is 1. The molecule has 0 N–H and O–H groups in total. The molecule has 1 aromatic heterocycles. The Hall–Kier alpha value is -0.640. The third-order valence-electron chi connectivity index (χ3n) is 2.40. The lowest BCUT2D eigenvalue weighted by molar-refractivity contribution is 0.0992. The van der Waals surface area contributed by atoms with Crippen molar-refractivity contribution in [1.29, 1.82) is 0 Å². The molecule has 0 fully saturated rings. The Morgan fingerprint density at radius 1 is 1.35 bits per heavy atom. The summed E-state index contributed by atoms with van der Waals surface area (Å²) in [4.78, 5) is 13.5. The highest BCUT2D eigenvalue weighted by atomic mass is 79.9. The molecule has 0 bridgehead atoms. The summed E-state index contributed by atoms with van der Waals surface area (Å²) in [5.74, 6) is 0.186. The van der Waals surface area contributed by atoms with E-state index in [0.29, 0.717) is 11.4 Å². The molecule has 0 amide bonds. The average molecular weight is 330 g/mol. The zero-order valence-electron chi connectivity index (χ0n) is 9.17. The van der Waals surface area contributed by atoms with Gasteiger partial charge in [0.05, 0.1) is 4.88 Å². The molecule has 1 nitrogen and oxygen atoms in total. The van der Waals surface area contributed by atoms with Crippen LogP contribution >= 0.6 is 38.9 Å². The minimum atomic E-state index is 0.186. The standard InChI is InChI=1S/C13H10BrClOS/c1-2-11(16)13-6-5-12(17-13)9-4-3-8(15)7-10(9)14/h3-7H,2H2,1H3. The summed E-state index contributed by atoms with van der Waals surface area (Å²) in [6.07, 6.45) is 0.543. The second-order valence-corrected chi connectivity index (χ2v) is 5.94. The van der Waals surface area contributed by atoms with Crippen LogP contribution in [0, 0.1) is 0 Å². The third-order valence-corrected chi connectivity index (χ3v) is 4.45. The van der Waals surface area contributed by atoms with E-state index in [4.69, 9.17) is 11.6 Å². The maximum absolute atomic E-state index is 11.6. The lowest BCUT2D eigenvalue weighted by Crippen LogP contribution is -1.90. The molecule has 1 heterocycles. The number of rotatable bonds is 3. The first-order valence-electron chi connectivity index (χ1n) is 5.20. The Kier molecular flexibility index (Phi) is 4.02. The quantitative estimate of drug-likeness (QED) is 0.687. The van der Waals surface area contributed by atoms with Crippen LogP contribution in [0.2, 0.25) is 5.02 Å². The third kappa shape index (κ3) is 2.79. The summed E-state index contributed by atoms with van der Waals surface area (Å²) in [6, 6.07) is 9.52. The van der Waals surface area contributed by atoms with E-state index >= 15 is 0 Å². The predicted octanol–water partition coefficient (Wildman–Crippen LogP) is 5.42. The van der Waals surface area contributed by atoms with Crippen LogP contribution in [0.5, 0.6) is 0 Å². The van der Waals surface area contributed by atoms with E-state index < -0.39 is 0 Å². The molecular weight excluding hydrogens is 320 g/mol. The number of carbonyl (C=O) groups excluding carboxylic acids is 1. The van der Waals surface area contributed by atoms with Gasteiger partial charge in [-0.1, -0.05) is 40.5 Å². The fourth-order valence-corrected chi connectivity index (χ4v) is 3.58. The Bertz CT molecular complexity index is 562. The molecule has 0 aliphatic carbocycles. The van der Waals surface area contributed by atoms with Crippen molar-refractivity contribution in [2.24, 2.45) is 0 Å². The Morgan fingerprint density at radius 3 is 2.76 bits per heavy atom. The van der Waals surface area contributed by atoms with Gasteiger partial charge in [0.25, 0.3) is 0 Å². The molecule has 0 unspecified atom stereocenters. The number of ketones is 1. The predicted molar refractivity (Wildman–Crippen MR) is 77.1 cm³/mol. The molecule has 0 atom stereocenters. The molecule has 17 heavy (non-hydrogen) atoms. The summed E-state index contributed by atoms with van der Waals surface area (Å²) < 4.78 is 0.947. The zero-order valence-corrected chi connectivity index (χ0v) is 12.3. The number of thiophene rings is 1. The molecule has 0 spiro atoms. The van der Waals surface area contributed by atoms with Crippen molar-refractivity contribution in [2.45, 2.75) is 13.3 Å². The number of hydrogen-bond acceptors (Lipinski definition) is 2.